The maximum absolute atomic E-state index is 11.4. The Morgan fingerprint density at radius 2 is 1.95 bits per heavy atom. The molecule has 1 aliphatic rings. The number of carbonyl (C=O) groups excluding carboxylic acids is 1. The lowest BCUT2D eigenvalue weighted by Crippen LogP contribution is -2.27. The number of rotatable bonds is 5. The molecule has 4 heteroatoms. The van der Waals surface area contributed by atoms with Crippen LogP contribution in [0.5, 0.6) is 0 Å². The van der Waals surface area contributed by atoms with Gasteiger partial charge in [-0.2, -0.15) is 0 Å². The van der Waals surface area contributed by atoms with E-state index in [1.165, 1.54) is 5.56 Å². The van der Waals surface area contributed by atoms with Gasteiger partial charge in [-0.3, -0.25) is 4.79 Å². The highest BCUT2D eigenvalue weighted by Gasteiger charge is 2.12. The molecule has 0 saturated carbocycles. The zero-order chi connectivity index (χ0) is 13.5. The van der Waals surface area contributed by atoms with Crippen molar-refractivity contribution in [1.82, 2.24) is 10.6 Å². The Hall–Kier alpha value is -1.39. The van der Waals surface area contributed by atoms with Gasteiger partial charge in [-0.25, -0.2) is 0 Å². The smallest absolute Gasteiger partial charge is 0.251 e. The highest BCUT2D eigenvalue weighted by Crippen LogP contribution is 2.13. The largest absolute Gasteiger partial charge is 0.381 e. The predicted octanol–water partition coefficient (Wildman–Crippen LogP) is 1.56. The normalized spacial score (nSPS) is 16.3. The molecule has 1 aliphatic heterocycles. The Labute approximate surface area is 114 Å². The molecule has 2 rings (SSSR count). The summed E-state index contributed by atoms with van der Waals surface area (Å²) >= 11 is 0. The van der Waals surface area contributed by atoms with E-state index < -0.39 is 0 Å². The van der Waals surface area contributed by atoms with Crippen LogP contribution in [0.15, 0.2) is 24.3 Å². The van der Waals surface area contributed by atoms with Crippen LogP contribution < -0.4 is 10.6 Å². The number of hydrogen-bond acceptors (Lipinski definition) is 3. The minimum absolute atomic E-state index is 0.0401. The molecule has 1 aromatic carbocycles. The molecule has 1 amide bonds. The summed E-state index contributed by atoms with van der Waals surface area (Å²) in [5, 5.41) is 6.10. The summed E-state index contributed by atoms with van der Waals surface area (Å²) in [4.78, 5) is 11.4. The Morgan fingerprint density at radius 1 is 1.26 bits per heavy atom. The first-order valence-corrected chi connectivity index (χ1v) is 6.89. The molecule has 0 aliphatic carbocycles. The Bertz CT molecular complexity index is 397. The van der Waals surface area contributed by atoms with Crippen LogP contribution in [0.4, 0.5) is 0 Å². The maximum Gasteiger partial charge on any atom is 0.251 e. The second-order valence-corrected chi connectivity index (χ2v) is 4.96. The van der Waals surface area contributed by atoms with Crippen molar-refractivity contribution in [2.24, 2.45) is 5.92 Å². The Morgan fingerprint density at radius 3 is 2.58 bits per heavy atom. The summed E-state index contributed by atoms with van der Waals surface area (Å²) in [5.41, 5.74) is 1.91. The first kappa shape index (κ1) is 14.0. The fourth-order valence-electron chi connectivity index (χ4n) is 2.29. The van der Waals surface area contributed by atoms with Crippen LogP contribution >= 0.6 is 0 Å². The maximum atomic E-state index is 11.4. The Balaban J connectivity index is 1.75. The molecular formula is C15H22N2O2. The van der Waals surface area contributed by atoms with Gasteiger partial charge in [0.05, 0.1) is 0 Å². The summed E-state index contributed by atoms with van der Waals surface area (Å²) in [5.74, 6) is 0.695. The van der Waals surface area contributed by atoms with Crippen molar-refractivity contribution >= 4 is 5.91 Å². The molecule has 19 heavy (non-hydrogen) atoms. The third kappa shape index (κ3) is 4.33. The molecule has 0 atom stereocenters. The molecule has 0 aromatic heterocycles. The zero-order valence-corrected chi connectivity index (χ0v) is 11.4. The van der Waals surface area contributed by atoms with Crippen LogP contribution in [0.3, 0.4) is 0 Å². The van der Waals surface area contributed by atoms with Crippen molar-refractivity contribution in [2.45, 2.75) is 19.4 Å². The van der Waals surface area contributed by atoms with Gasteiger partial charge in [0.2, 0.25) is 0 Å². The molecule has 1 heterocycles. The number of amides is 1. The molecular weight excluding hydrogens is 240 g/mol. The van der Waals surface area contributed by atoms with Gasteiger partial charge >= 0.3 is 0 Å². The average Bonchev–Trinajstić information content (AvgIpc) is 2.48. The van der Waals surface area contributed by atoms with E-state index in [0.29, 0.717) is 5.56 Å². The second kappa shape index (κ2) is 7.26. The number of hydrogen-bond donors (Lipinski definition) is 2. The van der Waals surface area contributed by atoms with Crippen molar-refractivity contribution in [2.75, 3.05) is 26.8 Å². The highest BCUT2D eigenvalue weighted by atomic mass is 16.5. The fraction of sp³-hybridized carbons (Fsp3) is 0.533. The molecule has 1 fully saturated rings. The predicted molar refractivity (Wildman–Crippen MR) is 75.1 cm³/mol. The van der Waals surface area contributed by atoms with Gasteiger partial charge in [0.1, 0.15) is 0 Å². The van der Waals surface area contributed by atoms with Gasteiger partial charge < -0.3 is 15.4 Å². The van der Waals surface area contributed by atoms with E-state index in [9.17, 15) is 4.79 Å². The van der Waals surface area contributed by atoms with E-state index in [1.54, 1.807) is 7.05 Å². The number of benzene rings is 1. The molecule has 104 valence electrons. The van der Waals surface area contributed by atoms with Gasteiger partial charge in [-0.1, -0.05) is 12.1 Å². The Kier molecular flexibility index (Phi) is 5.36. The van der Waals surface area contributed by atoms with Crippen LogP contribution in [0.2, 0.25) is 0 Å². The van der Waals surface area contributed by atoms with Gasteiger partial charge in [-0.15, -0.1) is 0 Å². The number of nitrogens with one attached hydrogen (secondary N) is 2. The molecule has 1 saturated heterocycles. The molecule has 0 bridgehead atoms. The molecule has 2 N–H and O–H groups in total. The van der Waals surface area contributed by atoms with Crippen molar-refractivity contribution < 1.29 is 9.53 Å². The molecule has 0 spiro atoms. The van der Waals surface area contributed by atoms with Crippen LogP contribution in [0.25, 0.3) is 0 Å². The zero-order valence-electron chi connectivity index (χ0n) is 11.4. The van der Waals surface area contributed by atoms with E-state index in [0.717, 1.165) is 45.1 Å². The minimum Gasteiger partial charge on any atom is -0.381 e. The number of ether oxygens (including phenoxy) is 1. The van der Waals surface area contributed by atoms with Crippen molar-refractivity contribution in [3.05, 3.63) is 35.4 Å². The van der Waals surface area contributed by atoms with E-state index >= 15 is 0 Å². The van der Waals surface area contributed by atoms with Gasteiger partial charge in [-0.05, 0) is 43.0 Å². The van der Waals surface area contributed by atoms with Crippen LogP contribution in [0.1, 0.15) is 28.8 Å². The van der Waals surface area contributed by atoms with Crippen molar-refractivity contribution in [3.63, 3.8) is 0 Å². The fourth-order valence-corrected chi connectivity index (χ4v) is 2.29. The summed E-state index contributed by atoms with van der Waals surface area (Å²) in [6.07, 6.45) is 2.31. The highest BCUT2D eigenvalue weighted by molar-refractivity contribution is 5.93. The number of carbonyl (C=O) groups is 1. The van der Waals surface area contributed by atoms with Crippen LogP contribution in [0, 0.1) is 5.92 Å². The molecule has 0 unspecified atom stereocenters. The van der Waals surface area contributed by atoms with E-state index in [-0.39, 0.29) is 5.91 Å². The first-order chi connectivity index (χ1) is 9.29. The summed E-state index contributed by atoms with van der Waals surface area (Å²) in [6.45, 7) is 3.69. The third-order valence-corrected chi connectivity index (χ3v) is 3.55. The van der Waals surface area contributed by atoms with Crippen molar-refractivity contribution in [1.29, 1.82) is 0 Å². The summed E-state index contributed by atoms with van der Waals surface area (Å²) in [6, 6.07) is 7.73. The van der Waals surface area contributed by atoms with Gasteiger partial charge in [0.25, 0.3) is 5.91 Å². The lowest BCUT2D eigenvalue weighted by atomic mass is 10.0. The van der Waals surface area contributed by atoms with Crippen molar-refractivity contribution in [3.8, 4) is 0 Å². The van der Waals surface area contributed by atoms with Crippen LogP contribution in [-0.4, -0.2) is 32.7 Å². The third-order valence-electron chi connectivity index (χ3n) is 3.55. The quantitative estimate of drug-likeness (QED) is 0.846. The average molecular weight is 262 g/mol. The molecule has 0 radical (unpaired) electrons. The first-order valence-electron chi connectivity index (χ1n) is 6.89. The molecule has 1 aromatic rings. The van der Waals surface area contributed by atoms with E-state index in [1.807, 2.05) is 24.3 Å². The molecule has 4 nitrogen and oxygen atoms in total. The van der Waals surface area contributed by atoms with Crippen LogP contribution in [-0.2, 0) is 11.3 Å². The monoisotopic (exact) mass is 262 g/mol. The lowest BCUT2D eigenvalue weighted by molar-refractivity contribution is 0.0662. The lowest BCUT2D eigenvalue weighted by Gasteiger charge is -2.22. The topological polar surface area (TPSA) is 50.4 Å². The standard InChI is InChI=1S/C15H22N2O2/c1-16-15(18)14-4-2-12(3-5-14)10-17-11-13-6-8-19-9-7-13/h2-5,13,17H,6-11H2,1H3,(H,16,18). The summed E-state index contributed by atoms with van der Waals surface area (Å²) in [7, 11) is 1.64. The minimum atomic E-state index is -0.0401. The second-order valence-electron chi connectivity index (χ2n) is 4.96. The summed E-state index contributed by atoms with van der Waals surface area (Å²) < 4.78 is 5.34. The SMILES string of the molecule is CNC(=O)c1ccc(CNCC2CCOCC2)cc1. The van der Waals surface area contributed by atoms with Gasteiger partial charge in [0.15, 0.2) is 0 Å². The van der Waals surface area contributed by atoms with E-state index in [2.05, 4.69) is 10.6 Å². The van der Waals surface area contributed by atoms with Gasteiger partial charge in [0, 0.05) is 32.4 Å². The van der Waals surface area contributed by atoms with E-state index in [4.69, 9.17) is 4.74 Å².